The Labute approximate surface area is 111 Å². The molecule has 2 N–H and O–H groups in total. The van der Waals surface area contributed by atoms with E-state index in [0.717, 1.165) is 22.3 Å². The highest BCUT2D eigenvalue weighted by Crippen LogP contribution is 2.32. The molecule has 0 saturated carbocycles. The molecule has 0 unspecified atom stereocenters. The quantitative estimate of drug-likeness (QED) is 0.862. The highest BCUT2D eigenvalue weighted by Gasteiger charge is 2.11. The molecule has 2 rings (SSSR count). The summed E-state index contributed by atoms with van der Waals surface area (Å²) in [5, 5.41) is 0.567. The lowest BCUT2D eigenvalue weighted by Gasteiger charge is -2.10. The smallest absolute Gasteiger partial charge is 0.131 e. The molecule has 3 heteroatoms. The maximum atomic E-state index is 14.0. The topological polar surface area (TPSA) is 26.0 Å². The molecule has 2 aromatic carbocycles. The van der Waals surface area contributed by atoms with E-state index in [-0.39, 0.29) is 5.82 Å². The Balaban J connectivity index is 2.58. The summed E-state index contributed by atoms with van der Waals surface area (Å²) in [5.41, 5.74) is 9.69. The van der Waals surface area contributed by atoms with Crippen molar-refractivity contribution in [2.75, 3.05) is 0 Å². The van der Waals surface area contributed by atoms with Crippen molar-refractivity contribution in [3.8, 4) is 11.1 Å². The second-order valence-electron chi connectivity index (χ2n) is 4.43. The summed E-state index contributed by atoms with van der Waals surface area (Å²) < 4.78 is 14.0. The third-order valence-electron chi connectivity index (χ3n) is 3.14. The molecule has 0 fully saturated rings. The van der Waals surface area contributed by atoms with E-state index in [1.54, 1.807) is 6.07 Å². The van der Waals surface area contributed by atoms with Crippen molar-refractivity contribution in [2.24, 2.45) is 5.73 Å². The van der Waals surface area contributed by atoms with Crippen molar-refractivity contribution in [1.82, 2.24) is 0 Å². The van der Waals surface area contributed by atoms with Gasteiger partial charge in [0.25, 0.3) is 0 Å². The van der Waals surface area contributed by atoms with Crippen LogP contribution >= 0.6 is 11.6 Å². The zero-order chi connectivity index (χ0) is 13.3. The van der Waals surface area contributed by atoms with Gasteiger partial charge in [-0.15, -0.1) is 0 Å². The largest absolute Gasteiger partial charge is 0.326 e. The summed E-state index contributed by atoms with van der Waals surface area (Å²) in [4.78, 5) is 0. The molecule has 0 aliphatic rings. The third kappa shape index (κ3) is 2.40. The average Bonchev–Trinajstić information content (AvgIpc) is 2.34. The fourth-order valence-electron chi connectivity index (χ4n) is 1.89. The Morgan fingerprint density at radius 1 is 1.06 bits per heavy atom. The molecule has 0 bridgehead atoms. The van der Waals surface area contributed by atoms with Crippen LogP contribution in [0.5, 0.6) is 0 Å². The standard InChI is InChI=1S/C15H15ClFN/c1-9-5-13(14(16)6-10(9)2)12-4-3-11(8-18)7-15(12)17/h3-7H,8,18H2,1-2H3. The van der Waals surface area contributed by atoms with Crippen molar-refractivity contribution in [3.63, 3.8) is 0 Å². The second kappa shape index (κ2) is 5.09. The molecule has 0 radical (unpaired) electrons. The number of benzene rings is 2. The first kappa shape index (κ1) is 13.1. The van der Waals surface area contributed by atoms with Gasteiger partial charge < -0.3 is 5.73 Å². The first-order valence-electron chi connectivity index (χ1n) is 5.78. The number of halogens is 2. The number of aryl methyl sites for hydroxylation is 2. The van der Waals surface area contributed by atoms with Gasteiger partial charge in [-0.2, -0.15) is 0 Å². The lowest BCUT2D eigenvalue weighted by atomic mass is 9.99. The number of rotatable bonds is 2. The molecule has 18 heavy (non-hydrogen) atoms. The van der Waals surface area contributed by atoms with Crippen molar-refractivity contribution >= 4 is 11.6 Å². The van der Waals surface area contributed by atoms with Gasteiger partial charge in [-0.05, 0) is 48.7 Å². The van der Waals surface area contributed by atoms with Gasteiger partial charge in [-0.1, -0.05) is 23.7 Å². The Bertz CT molecular complexity index is 593. The molecule has 0 aliphatic heterocycles. The normalized spacial score (nSPS) is 10.7. The van der Waals surface area contributed by atoms with E-state index in [4.69, 9.17) is 17.3 Å². The van der Waals surface area contributed by atoms with Crippen molar-refractivity contribution < 1.29 is 4.39 Å². The average molecular weight is 264 g/mol. The first-order valence-corrected chi connectivity index (χ1v) is 6.16. The van der Waals surface area contributed by atoms with Gasteiger partial charge in [-0.3, -0.25) is 0 Å². The Hall–Kier alpha value is -1.38. The summed E-state index contributed by atoms with van der Waals surface area (Å²) in [5.74, 6) is -0.289. The molecule has 0 saturated heterocycles. The van der Waals surface area contributed by atoms with E-state index in [1.165, 1.54) is 6.07 Å². The Morgan fingerprint density at radius 2 is 1.72 bits per heavy atom. The van der Waals surface area contributed by atoms with E-state index in [2.05, 4.69) is 0 Å². The van der Waals surface area contributed by atoms with Crippen LogP contribution < -0.4 is 5.73 Å². The SMILES string of the molecule is Cc1cc(Cl)c(-c2ccc(CN)cc2F)cc1C. The summed E-state index contributed by atoms with van der Waals surface area (Å²) >= 11 is 6.19. The fraction of sp³-hybridized carbons (Fsp3) is 0.200. The fourth-order valence-corrected chi connectivity index (χ4v) is 2.21. The zero-order valence-electron chi connectivity index (χ0n) is 10.4. The highest BCUT2D eigenvalue weighted by molar-refractivity contribution is 6.33. The zero-order valence-corrected chi connectivity index (χ0v) is 11.2. The monoisotopic (exact) mass is 263 g/mol. The summed E-state index contributed by atoms with van der Waals surface area (Å²) in [6.07, 6.45) is 0. The van der Waals surface area contributed by atoms with Gasteiger partial charge in [0.15, 0.2) is 0 Å². The minimum Gasteiger partial charge on any atom is -0.326 e. The first-order chi connectivity index (χ1) is 8.52. The van der Waals surface area contributed by atoms with Gasteiger partial charge in [0.1, 0.15) is 5.82 Å². The molecule has 0 atom stereocenters. The summed E-state index contributed by atoms with van der Waals surface area (Å²) in [6.45, 7) is 4.30. The lowest BCUT2D eigenvalue weighted by molar-refractivity contribution is 0.629. The minimum atomic E-state index is -0.289. The molecule has 0 amide bonds. The third-order valence-corrected chi connectivity index (χ3v) is 3.46. The predicted molar refractivity (Wildman–Crippen MR) is 74.2 cm³/mol. The number of hydrogen-bond donors (Lipinski definition) is 1. The molecule has 94 valence electrons. The van der Waals surface area contributed by atoms with Crippen molar-refractivity contribution in [1.29, 1.82) is 0 Å². The van der Waals surface area contributed by atoms with Gasteiger partial charge in [0.05, 0.1) is 0 Å². The molecule has 0 aliphatic carbocycles. The van der Waals surface area contributed by atoms with Crippen LogP contribution in [-0.4, -0.2) is 0 Å². The molecule has 1 nitrogen and oxygen atoms in total. The molecular formula is C15H15ClFN. The summed E-state index contributed by atoms with van der Waals surface area (Å²) in [6, 6.07) is 8.79. The lowest BCUT2D eigenvalue weighted by Crippen LogP contribution is -1.97. The van der Waals surface area contributed by atoms with Crippen LogP contribution in [0.3, 0.4) is 0 Å². The van der Waals surface area contributed by atoms with Crippen LogP contribution in [-0.2, 0) is 6.54 Å². The number of hydrogen-bond acceptors (Lipinski definition) is 1. The second-order valence-corrected chi connectivity index (χ2v) is 4.84. The van der Waals surface area contributed by atoms with Crippen molar-refractivity contribution in [2.45, 2.75) is 20.4 Å². The summed E-state index contributed by atoms with van der Waals surface area (Å²) in [7, 11) is 0. The maximum Gasteiger partial charge on any atom is 0.131 e. The van der Waals surface area contributed by atoms with Crippen LogP contribution in [0.4, 0.5) is 4.39 Å². The van der Waals surface area contributed by atoms with Crippen LogP contribution in [0.1, 0.15) is 16.7 Å². The van der Waals surface area contributed by atoms with Gasteiger partial charge in [0, 0.05) is 22.7 Å². The van der Waals surface area contributed by atoms with Crippen LogP contribution in [0.2, 0.25) is 5.02 Å². The van der Waals surface area contributed by atoms with E-state index >= 15 is 0 Å². The van der Waals surface area contributed by atoms with E-state index in [0.29, 0.717) is 17.1 Å². The van der Waals surface area contributed by atoms with Crippen LogP contribution in [0.15, 0.2) is 30.3 Å². The molecule has 0 spiro atoms. The molecular weight excluding hydrogens is 249 g/mol. The van der Waals surface area contributed by atoms with Crippen LogP contribution in [0.25, 0.3) is 11.1 Å². The van der Waals surface area contributed by atoms with E-state index in [9.17, 15) is 4.39 Å². The molecule has 0 aromatic heterocycles. The van der Waals surface area contributed by atoms with E-state index in [1.807, 2.05) is 32.0 Å². The van der Waals surface area contributed by atoms with Crippen molar-refractivity contribution in [3.05, 3.63) is 57.9 Å². The molecule has 2 aromatic rings. The highest BCUT2D eigenvalue weighted by atomic mass is 35.5. The Morgan fingerprint density at radius 3 is 2.33 bits per heavy atom. The van der Waals surface area contributed by atoms with Gasteiger partial charge in [-0.25, -0.2) is 4.39 Å². The maximum absolute atomic E-state index is 14.0. The molecule has 0 heterocycles. The number of nitrogens with two attached hydrogens (primary N) is 1. The Kier molecular flexibility index (Phi) is 3.69. The van der Waals surface area contributed by atoms with Crippen LogP contribution in [0, 0.1) is 19.7 Å². The van der Waals surface area contributed by atoms with Gasteiger partial charge >= 0.3 is 0 Å². The van der Waals surface area contributed by atoms with Gasteiger partial charge in [0.2, 0.25) is 0 Å². The minimum absolute atomic E-state index is 0.289. The predicted octanol–water partition coefficient (Wildman–Crippen LogP) is 4.22. The van der Waals surface area contributed by atoms with E-state index < -0.39 is 0 Å².